The molecule has 1 N–H and O–H groups in total. The van der Waals surface area contributed by atoms with Gasteiger partial charge in [0.25, 0.3) is 0 Å². The van der Waals surface area contributed by atoms with Gasteiger partial charge in [-0.3, -0.25) is 4.98 Å². The molecule has 22 heavy (non-hydrogen) atoms. The maximum absolute atomic E-state index is 10.3. The van der Waals surface area contributed by atoms with Crippen molar-refractivity contribution in [1.82, 2.24) is 4.98 Å². The van der Waals surface area contributed by atoms with Crippen molar-refractivity contribution in [2.75, 3.05) is 7.11 Å². The van der Waals surface area contributed by atoms with E-state index in [-0.39, 0.29) is 5.75 Å². The molecule has 0 atom stereocenters. The van der Waals surface area contributed by atoms with E-state index in [1.807, 2.05) is 6.07 Å². The molecule has 0 radical (unpaired) electrons. The number of hydrogen-bond donors (Lipinski definition) is 1. The number of nitrogens with zero attached hydrogens (tertiary/aromatic N) is 1. The first-order valence-electron chi connectivity index (χ1n) is 7.17. The molecule has 4 aromatic rings. The fourth-order valence-corrected chi connectivity index (χ4v) is 3.10. The minimum atomic E-state index is 0.138. The van der Waals surface area contributed by atoms with Crippen LogP contribution in [0.4, 0.5) is 0 Å². The van der Waals surface area contributed by atoms with Crippen molar-refractivity contribution in [3.63, 3.8) is 0 Å². The molecule has 0 aliphatic rings. The number of phenolic OH excluding ortho intramolecular Hbond substituents is 1. The Balaban J connectivity index is 2.20. The molecule has 1 aromatic heterocycles. The van der Waals surface area contributed by atoms with Gasteiger partial charge in [0.05, 0.1) is 12.6 Å². The average Bonchev–Trinajstić information content (AvgIpc) is 2.55. The predicted molar refractivity (Wildman–Crippen MR) is 89.7 cm³/mol. The highest BCUT2D eigenvalue weighted by molar-refractivity contribution is 6.16. The van der Waals surface area contributed by atoms with Crippen LogP contribution in [0.3, 0.4) is 0 Å². The highest BCUT2D eigenvalue weighted by Crippen LogP contribution is 2.38. The molecule has 0 aliphatic carbocycles. The normalized spacial score (nSPS) is 11.4. The van der Waals surface area contributed by atoms with E-state index in [0.717, 1.165) is 21.7 Å². The van der Waals surface area contributed by atoms with Crippen molar-refractivity contribution in [3.8, 4) is 11.5 Å². The molecule has 3 aromatic carbocycles. The van der Waals surface area contributed by atoms with Crippen molar-refractivity contribution in [2.24, 2.45) is 0 Å². The van der Waals surface area contributed by atoms with E-state index >= 15 is 0 Å². The first-order valence-corrected chi connectivity index (χ1v) is 7.17. The lowest BCUT2D eigenvalue weighted by Crippen LogP contribution is -1.89. The molecule has 0 saturated heterocycles. The summed E-state index contributed by atoms with van der Waals surface area (Å²) in [4.78, 5) is 4.60. The molecule has 108 valence electrons. The van der Waals surface area contributed by atoms with Crippen molar-refractivity contribution in [2.45, 2.75) is 6.92 Å². The van der Waals surface area contributed by atoms with E-state index in [9.17, 15) is 5.11 Å². The first-order chi connectivity index (χ1) is 10.7. The number of benzene rings is 3. The third kappa shape index (κ3) is 1.65. The summed E-state index contributed by atoms with van der Waals surface area (Å²) in [5, 5.41) is 15.4. The quantitative estimate of drug-likeness (QED) is 0.522. The van der Waals surface area contributed by atoms with Gasteiger partial charge in [0.1, 0.15) is 0 Å². The number of hydrogen-bond acceptors (Lipinski definition) is 3. The number of fused-ring (bicyclic) bond motifs is 5. The van der Waals surface area contributed by atoms with Gasteiger partial charge >= 0.3 is 0 Å². The second kappa shape index (κ2) is 4.60. The van der Waals surface area contributed by atoms with Crippen LogP contribution >= 0.6 is 0 Å². The molecule has 1 heterocycles. The van der Waals surface area contributed by atoms with Crippen LogP contribution < -0.4 is 4.74 Å². The number of ether oxygens (including phenoxy) is 1. The molecule has 0 unspecified atom stereocenters. The van der Waals surface area contributed by atoms with Gasteiger partial charge in [0, 0.05) is 22.4 Å². The summed E-state index contributed by atoms with van der Waals surface area (Å²) < 4.78 is 5.17. The summed E-state index contributed by atoms with van der Waals surface area (Å²) in [7, 11) is 1.55. The number of phenols is 1. The zero-order valence-electron chi connectivity index (χ0n) is 12.4. The van der Waals surface area contributed by atoms with Crippen molar-refractivity contribution < 1.29 is 9.84 Å². The van der Waals surface area contributed by atoms with E-state index < -0.39 is 0 Å². The second-order valence-electron chi connectivity index (χ2n) is 5.47. The Hall–Kier alpha value is -2.81. The lowest BCUT2D eigenvalue weighted by Gasteiger charge is -2.11. The highest BCUT2D eigenvalue weighted by Gasteiger charge is 2.12. The summed E-state index contributed by atoms with van der Waals surface area (Å²) in [5.74, 6) is 0.601. The minimum Gasteiger partial charge on any atom is -0.504 e. The van der Waals surface area contributed by atoms with Crippen molar-refractivity contribution in [1.29, 1.82) is 0 Å². The summed E-state index contributed by atoms with van der Waals surface area (Å²) in [6.07, 6.45) is 1.72. The van der Waals surface area contributed by atoms with Crippen LogP contribution in [0.25, 0.3) is 32.4 Å². The Bertz CT molecular complexity index is 1040. The Morgan fingerprint density at radius 3 is 2.41 bits per heavy atom. The minimum absolute atomic E-state index is 0.138. The molecule has 0 saturated carbocycles. The van der Waals surface area contributed by atoms with E-state index in [1.54, 1.807) is 19.4 Å². The number of aromatic hydroxyl groups is 1. The van der Waals surface area contributed by atoms with Gasteiger partial charge in [0.15, 0.2) is 11.5 Å². The average molecular weight is 289 g/mol. The largest absolute Gasteiger partial charge is 0.504 e. The summed E-state index contributed by atoms with van der Waals surface area (Å²) in [6.45, 7) is 2.10. The van der Waals surface area contributed by atoms with Gasteiger partial charge in [-0.2, -0.15) is 0 Å². The van der Waals surface area contributed by atoms with E-state index in [0.29, 0.717) is 11.1 Å². The van der Waals surface area contributed by atoms with Crippen LogP contribution in [0.1, 0.15) is 5.56 Å². The lowest BCUT2D eigenvalue weighted by atomic mass is 9.99. The van der Waals surface area contributed by atoms with Gasteiger partial charge in [-0.05, 0) is 35.4 Å². The molecule has 4 rings (SSSR count). The lowest BCUT2D eigenvalue weighted by molar-refractivity contribution is 0.376. The molecule has 3 nitrogen and oxygen atoms in total. The van der Waals surface area contributed by atoms with Crippen molar-refractivity contribution >= 4 is 32.4 Å². The Kier molecular flexibility index (Phi) is 2.70. The molecule has 0 aliphatic heterocycles. The fraction of sp³-hybridized carbons (Fsp3) is 0.105. The second-order valence-corrected chi connectivity index (χ2v) is 5.47. The van der Waals surface area contributed by atoms with E-state index in [1.165, 1.54) is 10.9 Å². The molecule has 0 bridgehead atoms. The maximum atomic E-state index is 10.3. The smallest absolute Gasteiger partial charge is 0.167 e. The Morgan fingerprint density at radius 1 is 0.864 bits per heavy atom. The number of pyridine rings is 1. The fourth-order valence-electron chi connectivity index (χ4n) is 3.10. The maximum Gasteiger partial charge on any atom is 0.167 e. The van der Waals surface area contributed by atoms with E-state index in [4.69, 9.17) is 4.74 Å². The van der Waals surface area contributed by atoms with Gasteiger partial charge in [-0.15, -0.1) is 0 Å². The van der Waals surface area contributed by atoms with Crippen LogP contribution in [0.15, 0.2) is 48.7 Å². The summed E-state index contributed by atoms with van der Waals surface area (Å²) in [6, 6.07) is 14.2. The van der Waals surface area contributed by atoms with Gasteiger partial charge in [0.2, 0.25) is 0 Å². The van der Waals surface area contributed by atoms with Crippen molar-refractivity contribution in [3.05, 3.63) is 54.2 Å². The van der Waals surface area contributed by atoms with Crippen LogP contribution in [-0.2, 0) is 0 Å². The predicted octanol–water partition coefficient (Wildman–Crippen LogP) is 4.56. The number of rotatable bonds is 1. The number of methoxy groups -OCH3 is 1. The monoisotopic (exact) mass is 289 g/mol. The Morgan fingerprint density at radius 2 is 1.59 bits per heavy atom. The van der Waals surface area contributed by atoms with Gasteiger partial charge < -0.3 is 9.84 Å². The van der Waals surface area contributed by atoms with Crippen LogP contribution in [0.2, 0.25) is 0 Å². The molecular formula is C19H15NO2. The van der Waals surface area contributed by atoms with Gasteiger partial charge in [-0.1, -0.05) is 30.3 Å². The van der Waals surface area contributed by atoms with Gasteiger partial charge in [-0.25, -0.2) is 0 Å². The SMILES string of the molecule is COc1ccc2c(cnc3c4cccc(C)c4ccc23)c1O. The third-order valence-corrected chi connectivity index (χ3v) is 4.26. The molecule has 3 heteroatoms. The standard InChI is InChI=1S/C19H15NO2/c1-11-4-3-5-14-12(11)6-7-15-13-8-9-17(22-2)19(21)16(13)10-20-18(14)15/h3-10,21H,1-2H3. The molecule has 0 fully saturated rings. The highest BCUT2D eigenvalue weighted by atomic mass is 16.5. The van der Waals surface area contributed by atoms with Crippen LogP contribution in [0.5, 0.6) is 11.5 Å². The zero-order chi connectivity index (χ0) is 15.3. The molecule has 0 amide bonds. The number of aromatic nitrogens is 1. The van der Waals surface area contributed by atoms with Crippen LogP contribution in [0, 0.1) is 6.92 Å². The molecular weight excluding hydrogens is 274 g/mol. The van der Waals surface area contributed by atoms with E-state index in [2.05, 4.69) is 42.2 Å². The Labute approximate surface area is 127 Å². The first kappa shape index (κ1) is 12.9. The topological polar surface area (TPSA) is 42.4 Å². The summed E-state index contributed by atoms with van der Waals surface area (Å²) >= 11 is 0. The summed E-state index contributed by atoms with van der Waals surface area (Å²) in [5.41, 5.74) is 2.19. The third-order valence-electron chi connectivity index (χ3n) is 4.26. The van der Waals surface area contributed by atoms with Crippen LogP contribution in [-0.4, -0.2) is 17.2 Å². The molecule has 0 spiro atoms. The zero-order valence-corrected chi connectivity index (χ0v) is 12.4. The number of aryl methyl sites for hydroxylation is 1.